The SMILES string of the molecule is COC(=O)N(CCCC[C@H](NC(=O)[C@H](Cc1ccc(O)c(OCc2ccccc2)c1)NC(=O)OCc1ccccc1)C(=O)O)c1ccccc1. The van der Waals surface area contributed by atoms with Crippen molar-refractivity contribution in [3.63, 3.8) is 0 Å². The Bertz CT molecular complexity index is 1690. The number of carbonyl (C=O) groups excluding carboxylic acids is 3. The van der Waals surface area contributed by atoms with Gasteiger partial charge in [0.15, 0.2) is 11.5 Å². The van der Waals surface area contributed by atoms with Gasteiger partial charge in [-0.1, -0.05) is 84.9 Å². The van der Waals surface area contributed by atoms with E-state index in [0.29, 0.717) is 24.1 Å². The molecule has 4 rings (SSSR count). The number of ether oxygens (including phenoxy) is 3. The number of para-hydroxylation sites is 1. The highest BCUT2D eigenvalue weighted by Crippen LogP contribution is 2.28. The number of carboxylic acid groups (broad SMARTS) is 1. The van der Waals surface area contributed by atoms with Gasteiger partial charge >= 0.3 is 18.2 Å². The first-order valence-electron chi connectivity index (χ1n) is 16.1. The molecule has 4 aromatic carbocycles. The van der Waals surface area contributed by atoms with Crippen LogP contribution < -0.4 is 20.3 Å². The summed E-state index contributed by atoms with van der Waals surface area (Å²) in [7, 11) is 1.28. The Morgan fingerprint density at radius 1 is 0.740 bits per heavy atom. The number of carbonyl (C=O) groups is 4. The molecule has 0 heterocycles. The number of rotatable bonds is 17. The van der Waals surface area contributed by atoms with Gasteiger partial charge in [-0.3, -0.25) is 9.69 Å². The summed E-state index contributed by atoms with van der Waals surface area (Å²) < 4.78 is 16.1. The summed E-state index contributed by atoms with van der Waals surface area (Å²) in [6.07, 6.45) is -0.636. The minimum atomic E-state index is -1.28. The van der Waals surface area contributed by atoms with Crippen molar-refractivity contribution in [2.45, 2.75) is 51.0 Å². The molecule has 0 aliphatic heterocycles. The smallest absolute Gasteiger partial charge is 0.413 e. The van der Waals surface area contributed by atoms with Crippen molar-refractivity contribution in [1.82, 2.24) is 10.6 Å². The first-order valence-corrected chi connectivity index (χ1v) is 16.1. The third-order valence-corrected chi connectivity index (χ3v) is 7.72. The molecule has 12 nitrogen and oxygen atoms in total. The Balaban J connectivity index is 1.43. The van der Waals surface area contributed by atoms with Gasteiger partial charge in [-0.15, -0.1) is 0 Å². The van der Waals surface area contributed by atoms with Crippen molar-refractivity contribution in [1.29, 1.82) is 0 Å². The van der Waals surface area contributed by atoms with E-state index in [1.54, 1.807) is 60.7 Å². The first-order chi connectivity index (χ1) is 24.2. The molecule has 0 saturated heterocycles. The number of alkyl carbamates (subject to hydrolysis) is 1. The van der Waals surface area contributed by atoms with Gasteiger partial charge in [0.2, 0.25) is 5.91 Å². The van der Waals surface area contributed by atoms with E-state index in [1.807, 2.05) is 42.5 Å². The molecule has 0 bridgehead atoms. The molecule has 0 spiro atoms. The molecule has 0 unspecified atom stereocenters. The van der Waals surface area contributed by atoms with Crippen molar-refractivity contribution in [2.24, 2.45) is 0 Å². The fourth-order valence-corrected chi connectivity index (χ4v) is 5.08. The van der Waals surface area contributed by atoms with Gasteiger partial charge in [-0.05, 0) is 60.2 Å². The lowest BCUT2D eigenvalue weighted by molar-refractivity contribution is -0.142. The molecular formula is C38H41N3O9. The zero-order valence-corrected chi connectivity index (χ0v) is 27.7. The second-order valence-corrected chi connectivity index (χ2v) is 11.4. The molecular weight excluding hydrogens is 642 g/mol. The second kappa shape index (κ2) is 19.1. The van der Waals surface area contributed by atoms with E-state index in [9.17, 15) is 29.4 Å². The lowest BCUT2D eigenvalue weighted by Gasteiger charge is -2.23. The van der Waals surface area contributed by atoms with Crippen LogP contribution in [-0.4, -0.2) is 60.0 Å². The van der Waals surface area contributed by atoms with Gasteiger partial charge in [0.05, 0.1) is 7.11 Å². The molecule has 3 amide bonds. The molecule has 2 atom stereocenters. The van der Waals surface area contributed by atoms with Crippen LogP contribution in [-0.2, 0) is 38.7 Å². The highest BCUT2D eigenvalue weighted by Gasteiger charge is 2.28. The number of phenols is 1. The van der Waals surface area contributed by atoms with Crippen molar-refractivity contribution < 1.29 is 43.6 Å². The fraction of sp³-hybridized carbons (Fsp3) is 0.263. The maximum Gasteiger partial charge on any atom is 0.413 e. The molecule has 0 aromatic heterocycles. The van der Waals surface area contributed by atoms with Gasteiger partial charge in [0, 0.05) is 18.7 Å². The molecule has 50 heavy (non-hydrogen) atoms. The van der Waals surface area contributed by atoms with Gasteiger partial charge in [-0.25, -0.2) is 14.4 Å². The summed E-state index contributed by atoms with van der Waals surface area (Å²) >= 11 is 0. The van der Waals surface area contributed by atoms with E-state index in [-0.39, 0.29) is 44.1 Å². The van der Waals surface area contributed by atoms with E-state index in [0.717, 1.165) is 11.1 Å². The number of anilines is 1. The number of hydrogen-bond donors (Lipinski definition) is 4. The topological polar surface area (TPSA) is 164 Å². The molecule has 0 aliphatic rings. The lowest BCUT2D eigenvalue weighted by atomic mass is 10.0. The summed E-state index contributed by atoms with van der Waals surface area (Å²) in [4.78, 5) is 52.5. The maximum absolute atomic E-state index is 13.6. The van der Waals surface area contributed by atoms with Crippen LogP contribution in [0.1, 0.15) is 36.0 Å². The fourth-order valence-electron chi connectivity index (χ4n) is 5.08. The lowest BCUT2D eigenvalue weighted by Crippen LogP contribution is -2.52. The van der Waals surface area contributed by atoms with Crippen molar-refractivity contribution >= 4 is 29.8 Å². The standard InChI is InChI=1S/C38H41N3O9/c1-48-38(47)41(30-17-9-4-10-18-30)22-12-11-19-31(36(44)45)39-35(43)32(40-37(46)50-26-28-15-7-3-8-16-28)23-29-20-21-33(42)34(24-29)49-25-27-13-5-2-6-14-27/h2-10,13-18,20-21,24,31-32,42H,11-12,19,22-23,25-26H2,1H3,(H,39,43)(H,40,46)(H,44,45)/t31-,32-/m0/s1. The Morgan fingerprint density at radius 2 is 1.36 bits per heavy atom. The van der Waals surface area contributed by atoms with E-state index >= 15 is 0 Å². The third-order valence-electron chi connectivity index (χ3n) is 7.72. The Labute approximate surface area is 290 Å². The average Bonchev–Trinajstić information content (AvgIpc) is 3.14. The summed E-state index contributed by atoms with van der Waals surface area (Å²) in [5.41, 5.74) is 2.80. The zero-order valence-electron chi connectivity index (χ0n) is 27.7. The molecule has 4 aromatic rings. The number of phenolic OH excluding ortho intramolecular Hbond substituents is 1. The number of carboxylic acids is 1. The Kier molecular flexibility index (Phi) is 14.0. The third kappa shape index (κ3) is 11.6. The molecule has 0 saturated carbocycles. The number of hydrogen-bond acceptors (Lipinski definition) is 8. The highest BCUT2D eigenvalue weighted by atomic mass is 16.5. The number of aliphatic carboxylic acids is 1. The number of amides is 3. The number of nitrogens with zero attached hydrogens (tertiary/aromatic N) is 1. The molecule has 12 heteroatoms. The Hall–Kier alpha value is -6.04. The molecule has 0 aliphatic carbocycles. The number of methoxy groups -OCH3 is 1. The van der Waals surface area contributed by atoms with E-state index in [1.165, 1.54) is 18.1 Å². The predicted molar refractivity (Wildman–Crippen MR) is 186 cm³/mol. The average molecular weight is 684 g/mol. The van der Waals surface area contributed by atoms with Gasteiger partial charge < -0.3 is 35.1 Å². The van der Waals surface area contributed by atoms with Crippen LogP contribution in [0.25, 0.3) is 0 Å². The van der Waals surface area contributed by atoms with E-state index in [2.05, 4.69) is 10.6 Å². The van der Waals surface area contributed by atoms with Crippen LogP contribution in [0.15, 0.2) is 109 Å². The number of nitrogens with one attached hydrogen (secondary N) is 2. The second-order valence-electron chi connectivity index (χ2n) is 11.4. The van der Waals surface area contributed by atoms with Crippen LogP contribution in [0, 0.1) is 0 Å². The summed E-state index contributed by atoms with van der Waals surface area (Å²) in [6.45, 7) is 0.416. The first kappa shape index (κ1) is 36.8. The van der Waals surface area contributed by atoms with Gasteiger partial charge in [0.25, 0.3) is 0 Å². The summed E-state index contributed by atoms with van der Waals surface area (Å²) in [5.74, 6) is -1.92. The van der Waals surface area contributed by atoms with E-state index in [4.69, 9.17) is 14.2 Å². The molecule has 0 radical (unpaired) electrons. The van der Waals surface area contributed by atoms with Gasteiger partial charge in [-0.2, -0.15) is 0 Å². The zero-order chi connectivity index (χ0) is 35.7. The molecule has 262 valence electrons. The van der Waals surface area contributed by atoms with Crippen molar-refractivity contribution in [3.8, 4) is 11.5 Å². The highest BCUT2D eigenvalue weighted by molar-refractivity contribution is 5.89. The maximum atomic E-state index is 13.6. The molecule has 0 fully saturated rings. The minimum absolute atomic E-state index is 0.0407. The van der Waals surface area contributed by atoms with Crippen LogP contribution in [0.3, 0.4) is 0 Å². The van der Waals surface area contributed by atoms with Crippen LogP contribution in [0.4, 0.5) is 15.3 Å². The minimum Gasteiger partial charge on any atom is -0.504 e. The van der Waals surface area contributed by atoms with Crippen molar-refractivity contribution in [3.05, 3.63) is 126 Å². The van der Waals surface area contributed by atoms with Crippen LogP contribution in [0.2, 0.25) is 0 Å². The van der Waals surface area contributed by atoms with Gasteiger partial charge in [0.1, 0.15) is 25.3 Å². The Morgan fingerprint density at radius 3 is 1.98 bits per heavy atom. The van der Waals surface area contributed by atoms with Crippen LogP contribution >= 0.6 is 0 Å². The molecule has 4 N–H and O–H groups in total. The number of aromatic hydroxyl groups is 1. The summed E-state index contributed by atoms with van der Waals surface area (Å²) in [5, 5.41) is 25.5. The predicted octanol–water partition coefficient (Wildman–Crippen LogP) is 5.82. The summed E-state index contributed by atoms with van der Waals surface area (Å²) in [6, 6.07) is 29.4. The number of benzene rings is 4. The van der Waals surface area contributed by atoms with E-state index < -0.39 is 36.1 Å². The number of unbranched alkanes of at least 4 members (excludes halogenated alkanes) is 1. The van der Waals surface area contributed by atoms with Crippen molar-refractivity contribution in [2.75, 3.05) is 18.6 Å². The largest absolute Gasteiger partial charge is 0.504 e. The quantitative estimate of drug-likeness (QED) is 0.100. The monoisotopic (exact) mass is 683 g/mol. The van der Waals surface area contributed by atoms with Crippen LogP contribution in [0.5, 0.6) is 11.5 Å². The normalized spacial score (nSPS) is 11.8.